The van der Waals surface area contributed by atoms with E-state index < -0.39 is 5.97 Å². The Morgan fingerprint density at radius 3 is 2.23 bits per heavy atom. The van der Waals surface area contributed by atoms with Crippen LogP contribution in [0.3, 0.4) is 0 Å². The molecule has 1 saturated heterocycles. The monoisotopic (exact) mass is 441 g/mol. The van der Waals surface area contributed by atoms with Gasteiger partial charge in [-0.2, -0.15) is 0 Å². The summed E-state index contributed by atoms with van der Waals surface area (Å²) < 4.78 is 5.53. The highest BCUT2D eigenvalue weighted by atomic mass is 32.2. The van der Waals surface area contributed by atoms with Crippen LogP contribution in [0.4, 0.5) is 0 Å². The van der Waals surface area contributed by atoms with Crippen molar-refractivity contribution in [3.8, 4) is 0 Å². The van der Waals surface area contributed by atoms with Crippen molar-refractivity contribution in [2.75, 3.05) is 25.4 Å². The van der Waals surface area contributed by atoms with Crippen molar-refractivity contribution in [2.45, 2.75) is 56.3 Å². The van der Waals surface area contributed by atoms with Gasteiger partial charge in [-0.3, -0.25) is 9.59 Å². The molecule has 4 bridgehead atoms. The molecule has 1 aromatic carbocycles. The Labute approximate surface area is 188 Å². The Balaban J connectivity index is 1.19. The van der Waals surface area contributed by atoms with Crippen molar-refractivity contribution in [1.29, 1.82) is 0 Å². The van der Waals surface area contributed by atoms with Crippen LogP contribution in [-0.4, -0.2) is 48.0 Å². The van der Waals surface area contributed by atoms with Crippen LogP contribution in [0, 0.1) is 23.2 Å². The van der Waals surface area contributed by atoms with Gasteiger partial charge in [-0.1, -0.05) is 12.1 Å². The molecule has 0 radical (unpaired) electrons. The molecule has 31 heavy (non-hydrogen) atoms. The van der Waals surface area contributed by atoms with Crippen LogP contribution >= 0.6 is 11.8 Å². The van der Waals surface area contributed by atoms with Crippen molar-refractivity contribution in [1.82, 2.24) is 4.90 Å². The van der Waals surface area contributed by atoms with E-state index in [1.54, 1.807) is 12.1 Å². The first-order valence-electron chi connectivity index (χ1n) is 11.7. The van der Waals surface area contributed by atoms with Gasteiger partial charge in [0.2, 0.25) is 5.91 Å². The minimum atomic E-state index is -0.463. The second-order valence-electron chi connectivity index (χ2n) is 10.1. The van der Waals surface area contributed by atoms with Crippen molar-refractivity contribution in [2.24, 2.45) is 23.2 Å². The summed E-state index contributed by atoms with van der Waals surface area (Å²) in [5.41, 5.74) is 0.200. The normalized spacial score (nSPS) is 31.1. The molecule has 5 nitrogen and oxygen atoms in total. The summed E-state index contributed by atoms with van der Waals surface area (Å²) in [4.78, 5) is 41.0. The summed E-state index contributed by atoms with van der Waals surface area (Å²) in [6, 6.07) is 7.23. The van der Waals surface area contributed by atoms with E-state index in [0.717, 1.165) is 50.1 Å². The van der Waals surface area contributed by atoms with Gasteiger partial charge >= 0.3 is 5.97 Å². The van der Waals surface area contributed by atoms with Gasteiger partial charge in [0, 0.05) is 23.4 Å². The Bertz CT molecular complexity index is 841. The summed E-state index contributed by atoms with van der Waals surface area (Å²) in [6.45, 7) is 1.53. The van der Waals surface area contributed by atoms with Gasteiger partial charge in [0.1, 0.15) is 0 Å². The second-order valence-corrected chi connectivity index (χ2v) is 11.1. The molecule has 0 aromatic heterocycles. The van der Waals surface area contributed by atoms with Gasteiger partial charge < -0.3 is 9.64 Å². The highest BCUT2D eigenvalue weighted by Gasteiger charge is 2.54. The van der Waals surface area contributed by atoms with Gasteiger partial charge in [0.05, 0.1) is 11.3 Å². The topological polar surface area (TPSA) is 63.7 Å². The largest absolute Gasteiger partial charge is 0.454 e. The Hall–Kier alpha value is -1.82. The minimum Gasteiger partial charge on any atom is -0.454 e. The number of Topliss-reactive ketones (excluding diaryl/α,β-unsaturated/α-hetero) is 1. The third-order valence-corrected chi connectivity index (χ3v) is 8.94. The van der Waals surface area contributed by atoms with Crippen LogP contribution < -0.4 is 0 Å². The molecule has 0 unspecified atom stereocenters. The summed E-state index contributed by atoms with van der Waals surface area (Å²) in [7, 11) is 0. The molecule has 6 heteroatoms. The van der Waals surface area contributed by atoms with Crippen LogP contribution in [0.1, 0.15) is 61.7 Å². The fourth-order valence-electron chi connectivity index (χ4n) is 6.77. The molecule has 1 heterocycles. The molecule has 6 rings (SSSR count). The van der Waals surface area contributed by atoms with E-state index in [1.807, 2.05) is 17.0 Å². The van der Waals surface area contributed by atoms with Crippen molar-refractivity contribution in [3.05, 3.63) is 29.8 Å². The van der Waals surface area contributed by atoms with E-state index in [9.17, 15) is 14.4 Å². The van der Waals surface area contributed by atoms with Gasteiger partial charge in [0.15, 0.2) is 12.4 Å². The number of nitrogens with zero attached hydrogens (tertiary/aromatic N) is 1. The lowest BCUT2D eigenvalue weighted by Gasteiger charge is -2.55. The number of hydrogen-bond donors (Lipinski definition) is 0. The third-order valence-electron chi connectivity index (χ3n) is 7.88. The molecule has 0 spiro atoms. The Morgan fingerprint density at radius 1 is 0.968 bits per heavy atom. The highest BCUT2D eigenvalue weighted by Crippen LogP contribution is 2.60. The van der Waals surface area contributed by atoms with E-state index in [0.29, 0.717) is 29.1 Å². The molecular weight excluding hydrogens is 410 g/mol. The summed E-state index contributed by atoms with van der Waals surface area (Å²) in [5, 5.41) is 0. The zero-order valence-electron chi connectivity index (χ0n) is 18.0. The molecule has 0 atom stereocenters. The molecule has 4 saturated carbocycles. The number of carbonyl (C=O) groups excluding carboxylic acids is 3. The van der Waals surface area contributed by atoms with Crippen LogP contribution in [0.2, 0.25) is 0 Å². The number of benzene rings is 1. The van der Waals surface area contributed by atoms with Crippen LogP contribution in [0.25, 0.3) is 0 Å². The SMILES string of the molecule is O=C(OCC(=O)C12CC3CC(CC(C3)C1)C2)c1ccccc1SCC(=O)N1CCCC1. The molecule has 1 aliphatic heterocycles. The smallest absolute Gasteiger partial charge is 0.339 e. The third kappa shape index (κ3) is 4.28. The van der Waals surface area contributed by atoms with Gasteiger partial charge in [-0.05, 0) is 81.3 Å². The van der Waals surface area contributed by atoms with Crippen molar-refractivity contribution < 1.29 is 19.1 Å². The van der Waals surface area contributed by atoms with Crippen LogP contribution in [0.5, 0.6) is 0 Å². The lowest BCUT2D eigenvalue weighted by molar-refractivity contribution is -0.147. The first-order chi connectivity index (χ1) is 15.0. The number of amides is 1. The van der Waals surface area contributed by atoms with E-state index >= 15 is 0 Å². The van der Waals surface area contributed by atoms with Gasteiger partial charge in [-0.15, -0.1) is 11.8 Å². The fourth-order valence-corrected chi connectivity index (χ4v) is 7.72. The van der Waals surface area contributed by atoms with Crippen molar-refractivity contribution in [3.63, 3.8) is 0 Å². The lowest BCUT2D eigenvalue weighted by atomic mass is 9.48. The standard InChI is InChI=1S/C25H31NO4S/c27-22(25-12-17-9-18(13-25)11-19(10-17)14-25)15-30-24(29)20-5-1-2-6-21(20)31-16-23(28)26-7-3-4-8-26/h1-2,5-6,17-19H,3-4,7-16H2. The molecule has 1 aromatic rings. The number of likely N-dealkylation sites (tertiary alicyclic amines) is 1. The van der Waals surface area contributed by atoms with E-state index in [1.165, 1.54) is 31.0 Å². The number of ketones is 1. The number of hydrogen-bond acceptors (Lipinski definition) is 5. The van der Waals surface area contributed by atoms with Gasteiger partial charge in [0.25, 0.3) is 0 Å². The lowest BCUT2D eigenvalue weighted by Crippen LogP contribution is -2.51. The van der Waals surface area contributed by atoms with Crippen LogP contribution in [-0.2, 0) is 14.3 Å². The average Bonchev–Trinajstić information content (AvgIpc) is 3.30. The molecule has 5 aliphatic rings. The van der Waals surface area contributed by atoms with Gasteiger partial charge in [-0.25, -0.2) is 4.79 Å². The molecule has 166 valence electrons. The number of ether oxygens (including phenoxy) is 1. The first-order valence-corrected chi connectivity index (χ1v) is 12.7. The van der Waals surface area contributed by atoms with E-state index in [4.69, 9.17) is 4.74 Å². The van der Waals surface area contributed by atoms with Crippen molar-refractivity contribution >= 4 is 29.4 Å². The quantitative estimate of drug-likeness (QED) is 0.465. The summed E-state index contributed by atoms with van der Waals surface area (Å²) >= 11 is 1.37. The Morgan fingerprint density at radius 2 is 1.58 bits per heavy atom. The number of rotatable bonds is 7. The highest BCUT2D eigenvalue weighted by molar-refractivity contribution is 8.00. The first kappa shape index (κ1) is 21.0. The molecule has 4 aliphatic carbocycles. The Kier molecular flexibility index (Phi) is 5.84. The minimum absolute atomic E-state index is 0.114. The maximum Gasteiger partial charge on any atom is 0.339 e. The summed E-state index contributed by atoms with van der Waals surface area (Å²) in [5.74, 6) is 2.16. The predicted molar refractivity (Wildman–Crippen MR) is 119 cm³/mol. The molecule has 1 amide bonds. The maximum absolute atomic E-state index is 13.1. The number of carbonyl (C=O) groups is 3. The molecule has 5 fully saturated rings. The molecule has 0 N–H and O–H groups in total. The number of esters is 1. The molecular formula is C25H31NO4S. The van der Waals surface area contributed by atoms with E-state index in [-0.39, 0.29) is 23.7 Å². The zero-order valence-corrected chi connectivity index (χ0v) is 18.8. The zero-order chi connectivity index (χ0) is 21.4. The maximum atomic E-state index is 13.1. The second kappa shape index (κ2) is 8.61. The number of thioether (sulfide) groups is 1. The average molecular weight is 442 g/mol. The van der Waals surface area contributed by atoms with Crippen LogP contribution in [0.15, 0.2) is 29.2 Å². The predicted octanol–water partition coefficient (Wildman–Crippen LogP) is 4.34. The van der Waals surface area contributed by atoms with E-state index in [2.05, 4.69) is 0 Å². The summed E-state index contributed by atoms with van der Waals surface area (Å²) in [6.07, 6.45) is 8.95. The fraction of sp³-hybridized carbons (Fsp3) is 0.640.